The molecule has 0 unspecified atom stereocenters. The van der Waals surface area contributed by atoms with Gasteiger partial charge in [0.1, 0.15) is 0 Å². The van der Waals surface area contributed by atoms with Gasteiger partial charge >= 0.3 is 0 Å². The standard InChI is InChI=1S/C17H21ClN2O2S/c1-12-16(13-4-6-14(18)7-5-13)22-15(19-12)10-20-8-9-23(21)11-17(20,2)3/h4-7H,8-11H2,1-3H3/t23-/m1/s1. The van der Waals surface area contributed by atoms with Gasteiger partial charge in [0.25, 0.3) is 0 Å². The van der Waals surface area contributed by atoms with Crippen molar-refractivity contribution in [3.05, 3.63) is 40.9 Å². The molecule has 1 aromatic heterocycles. The van der Waals surface area contributed by atoms with Crippen LogP contribution in [0.15, 0.2) is 28.7 Å². The summed E-state index contributed by atoms with van der Waals surface area (Å²) in [5.41, 5.74) is 1.75. The number of oxazole rings is 1. The first-order chi connectivity index (χ1) is 10.8. The summed E-state index contributed by atoms with van der Waals surface area (Å²) in [6.45, 7) is 7.64. The van der Waals surface area contributed by atoms with E-state index < -0.39 is 10.8 Å². The molecule has 1 fully saturated rings. The predicted octanol–water partition coefficient (Wildman–Crippen LogP) is 3.65. The Hall–Kier alpha value is -1.17. The van der Waals surface area contributed by atoms with Crippen LogP contribution in [0.25, 0.3) is 11.3 Å². The van der Waals surface area contributed by atoms with Crippen molar-refractivity contribution in [2.24, 2.45) is 0 Å². The monoisotopic (exact) mass is 352 g/mol. The third-order valence-electron chi connectivity index (χ3n) is 4.23. The Labute approximate surface area is 144 Å². The van der Waals surface area contributed by atoms with Crippen molar-refractivity contribution in [1.82, 2.24) is 9.88 Å². The number of aromatic nitrogens is 1. The van der Waals surface area contributed by atoms with Gasteiger partial charge in [-0.05, 0) is 45.0 Å². The number of benzene rings is 1. The number of halogens is 1. The van der Waals surface area contributed by atoms with E-state index in [1.165, 1.54) is 0 Å². The molecule has 124 valence electrons. The number of hydrogen-bond acceptors (Lipinski definition) is 4. The van der Waals surface area contributed by atoms with Crippen molar-refractivity contribution in [1.29, 1.82) is 0 Å². The highest BCUT2D eigenvalue weighted by Gasteiger charge is 2.34. The zero-order chi connectivity index (χ0) is 16.6. The second-order valence-electron chi connectivity index (χ2n) is 6.55. The number of aryl methyl sites for hydroxylation is 1. The maximum Gasteiger partial charge on any atom is 0.209 e. The molecule has 1 aromatic carbocycles. The molecule has 0 saturated carbocycles. The lowest BCUT2D eigenvalue weighted by Gasteiger charge is -2.41. The first-order valence-corrected chi connectivity index (χ1v) is 9.54. The summed E-state index contributed by atoms with van der Waals surface area (Å²) >= 11 is 5.94. The minimum atomic E-state index is -0.725. The molecular weight excluding hydrogens is 332 g/mol. The normalized spacial score (nSPS) is 21.5. The molecule has 0 amide bonds. The molecule has 4 nitrogen and oxygen atoms in total. The molecular formula is C17H21ClN2O2S. The third-order valence-corrected chi connectivity index (χ3v) is 6.15. The van der Waals surface area contributed by atoms with Crippen LogP contribution < -0.4 is 0 Å². The van der Waals surface area contributed by atoms with Gasteiger partial charge in [0.05, 0.1) is 12.2 Å². The largest absolute Gasteiger partial charge is 0.439 e. The lowest BCUT2D eigenvalue weighted by Crippen LogP contribution is -2.53. The van der Waals surface area contributed by atoms with E-state index in [4.69, 9.17) is 16.0 Å². The minimum Gasteiger partial charge on any atom is -0.439 e. The van der Waals surface area contributed by atoms with Gasteiger partial charge in [0.2, 0.25) is 5.89 Å². The first kappa shape index (κ1) is 16.7. The van der Waals surface area contributed by atoms with Crippen LogP contribution in [-0.2, 0) is 17.3 Å². The highest BCUT2D eigenvalue weighted by atomic mass is 35.5. The average molecular weight is 353 g/mol. The Morgan fingerprint density at radius 3 is 2.70 bits per heavy atom. The van der Waals surface area contributed by atoms with Crippen LogP contribution in [0.3, 0.4) is 0 Å². The maximum atomic E-state index is 11.8. The highest BCUT2D eigenvalue weighted by Crippen LogP contribution is 2.28. The molecule has 2 aromatic rings. The van der Waals surface area contributed by atoms with Crippen molar-refractivity contribution in [3.8, 4) is 11.3 Å². The van der Waals surface area contributed by atoms with E-state index in [-0.39, 0.29) is 5.54 Å². The van der Waals surface area contributed by atoms with E-state index in [0.29, 0.717) is 29.0 Å². The predicted molar refractivity (Wildman–Crippen MR) is 94.1 cm³/mol. The molecule has 1 saturated heterocycles. The van der Waals surface area contributed by atoms with E-state index in [0.717, 1.165) is 23.6 Å². The average Bonchev–Trinajstić information content (AvgIpc) is 2.83. The summed E-state index contributed by atoms with van der Waals surface area (Å²) < 4.78 is 17.8. The van der Waals surface area contributed by atoms with E-state index in [9.17, 15) is 4.21 Å². The van der Waals surface area contributed by atoms with Gasteiger partial charge in [-0.2, -0.15) is 0 Å². The molecule has 0 spiro atoms. The molecule has 0 bridgehead atoms. The zero-order valence-electron chi connectivity index (χ0n) is 13.6. The Balaban J connectivity index is 1.81. The number of rotatable bonds is 3. The molecule has 1 aliphatic heterocycles. The van der Waals surface area contributed by atoms with Gasteiger partial charge in [0.15, 0.2) is 5.76 Å². The van der Waals surface area contributed by atoms with Crippen LogP contribution >= 0.6 is 11.6 Å². The molecule has 0 N–H and O–H groups in total. The van der Waals surface area contributed by atoms with Gasteiger partial charge in [-0.25, -0.2) is 4.98 Å². The van der Waals surface area contributed by atoms with E-state index in [1.807, 2.05) is 31.2 Å². The molecule has 3 rings (SSSR count). The number of hydrogen-bond donors (Lipinski definition) is 0. The fraction of sp³-hybridized carbons (Fsp3) is 0.471. The van der Waals surface area contributed by atoms with Crippen LogP contribution in [0, 0.1) is 6.92 Å². The Bertz CT molecular complexity index is 725. The molecule has 2 heterocycles. The summed E-state index contributed by atoms with van der Waals surface area (Å²) in [4.78, 5) is 6.87. The summed E-state index contributed by atoms with van der Waals surface area (Å²) in [7, 11) is -0.725. The van der Waals surface area contributed by atoms with Crippen molar-refractivity contribution >= 4 is 22.4 Å². The zero-order valence-corrected chi connectivity index (χ0v) is 15.2. The molecule has 23 heavy (non-hydrogen) atoms. The van der Waals surface area contributed by atoms with Gasteiger partial charge < -0.3 is 4.42 Å². The molecule has 0 aliphatic carbocycles. The molecule has 0 radical (unpaired) electrons. The summed E-state index contributed by atoms with van der Waals surface area (Å²) in [6.07, 6.45) is 0. The van der Waals surface area contributed by atoms with Crippen LogP contribution in [-0.4, -0.2) is 37.7 Å². The van der Waals surface area contributed by atoms with Crippen LogP contribution in [0.2, 0.25) is 5.02 Å². The number of nitrogens with zero attached hydrogens (tertiary/aromatic N) is 2. The highest BCUT2D eigenvalue weighted by molar-refractivity contribution is 7.85. The van der Waals surface area contributed by atoms with Crippen molar-refractivity contribution in [2.75, 3.05) is 18.1 Å². The van der Waals surface area contributed by atoms with E-state index >= 15 is 0 Å². The first-order valence-electron chi connectivity index (χ1n) is 7.67. The van der Waals surface area contributed by atoms with E-state index in [2.05, 4.69) is 23.7 Å². The van der Waals surface area contributed by atoms with Crippen LogP contribution in [0.5, 0.6) is 0 Å². The Kier molecular flexibility index (Phi) is 4.63. The van der Waals surface area contributed by atoms with E-state index in [1.54, 1.807) is 0 Å². The minimum absolute atomic E-state index is 0.105. The molecule has 1 atom stereocenters. The maximum absolute atomic E-state index is 11.8. The van der Waals surface area contributed by atoms with Gasteiger partial charge in [0, 0.05) is 45.0 Å². The fourth-order valence-corrected chi connectivity index (χ4v) is 4.58. The second kappa shape index (κ2) is 6.38. The summed E-state index contributed by atoms with van der Waals surface area (Å²) in [5.74, 6) is 2.90. The summed E-state index contributed by atoms with van der Waals surface area (Å²) in [6, 6.07) is 7.57. The third kappa shape index (κ3) is 3.67. The smallest absolute Gasteiger partial charge is 0.209 e. The Morgan fingerprint density at radius 2 is 2.04 bits per heavy atom. The van der Waals surface area contributed by atoms with Gasteiger partial charge in [-0.15, -0.1) is 0 Å². The quantitative estimate of drug-likeness (QED) is 0.846. The fourth-order valence-electron chi connectivity index (χ4n) is 2.92. The summed E-state index contributed by atoms with van der Waals surface area (Å²) in [5, 5.41) is 0.703. The topological polar surface area (TPSA) is 46.3 Å². The lowest BCUT2D eigenvalue weighted by molar-refractivity contribution is 0.121. The SMILES string of the molecule is Cc1nc(CN2CC[S@@](=O)CC2(C)C)oc1-c1ccc(Cl)cc1. The van der Waals surface area contributed by atoms with Crippen LogP contribution in [0.1, 0.15) is 25.4 Å². The van der Waals surface area contributed by atoms with Crippen molar-refractivity contribution in [3.63, 3.8) is 0 Å². The van der Waals surface area contributed by atoms with Gasteiger partial charge in [-0.3, -0.25) is 9.11 Å². The second-order valence-corrected chi connectivity index (χ2v) is 8.56. The van der Waals surface area contributed by atoms with Crippen molar-refractivity contribution in [2.45, 2.75) is 32.9 Å². The lowest BCUT2D eigenvalue weighted by atomic mass is 10.1. The van der Waals surface area contributed by atoms with Crippen LogP contribution in [0.4, 0.5) is 0 Å². The Morgan fingerprint density at radius 1 is 1.35 bits per heavy atom. The van der Waals surface area contributed by atoms with Crippen molar-refractivity contribution < 1.29 is 8.63 Å². The molecule has 6 heteroatoms. The van der Waals surface area contributed by atoms with Gasteiger partial charge in [-0.1, -0.05) is 11.6 Å². The molecule has 1 aliphatic rings.